The molecule has 0 aliphatic carbocycles. The number of halogens is 2. The molecule has 0 atom stereocenters. The van der Waals surface area contributed by atoms with Gasteiger partial charge in [-0.25, -0.2) is 4.39 Å². The molecule has 0 saturated carbocycles. The Hall–Kier alpha value is -2.40. The summed E-state index contributed by atoms with van der Waals surface area (Å²) in [7, 11) is 0. The van der Waals surface area contributed by atoms with E-state index in [-0.39, 0.29) is 24.4 Å². The predicted octanol–water partition coefficient (Wildman–Crippen LogP) is 3.08. The van der Waals surface area contributed by atoms with Crippen molar-refractivity contribution in [1.82, 2.24) is 5.32 Å². The Morgan fingerprint density at radius 3 is 2.57 bits per heavy atom. The van der Waals surface area contributed by atoms with Crippen LogP contribution in [0.25, 0.3) is 0 Å². The highest BCUT2D eigenvalue weighted by atomic mass is 35.5. The van der Waals surface area contributed by atoms with Crippen molar-refractivity contribution in [3.63, 3.8) is 0 Å². The van der Waals surface area contributed by atoms with Crippen LogP contribution < -0.4 is 10.6 Å². The summed E-state index contributed by atoms with van der Waals surface area (Å²) < 4.78 is 13.4. The van der Waals surface area contributed by atoms with Crippen molar-refractivity contribution in [3.8, 4) is 0 Å². The van der Waals surface area contributed by atoms with Gasteiger partial charge in [0.05, 0.1) is 13.0 Å². The summed E-state index contributed by atoms with van der Waals surface area (Å²) in [4.78, 5) is 23.5. The van der Waals surface area contributed by atoms with E-state index in [0.717, 1.165) is 5.56 Å². The van der Waals surface area contributed by atoms with Gasteiger partial charge in [0.1, 0.15) is 5.82 Å². The van der Waals surface area contributed by atoms with Gasteiger partial charge in [-0.3, -0.25) is 9.59 Å². The number of carbonyl (C=O) groups is 2. The zero-order valence-corrected chi connectivity index (χ0v) is 13.3. The largest absolute Gasteiger partial charge is 0.347 e. The van der Waals surface area contributed by atoms with Gasteiger partial charge in [0.2, 0.25) is 11.8 Å². The second-order valence-corrected chi connectivity index (χ2v) is 5.46. The molecule has 2 aromatic carbocycles. The quantitative estimate of drug-likeness (QED) is 0.882. The zero-order valence-electron chi connectivity index (χ0n) is 12.5. The third-order valence-corrected chi connectivity index (χ3v) is 3.62. The van der Waals surface area contributed by atoms with Crippen molar-refractivity contribution in [2.75, 3.05) is 11.9 Å². The fraction of sp³-hybridized carbons (Fsp3) is 0.176. The average molecular weight is 335 g/mol. The van der Waals surface area contributed by atoms with Crippen LogP contribution in [0.1, 0.15) is 11.1 Å². The molecule has 120 valence electrons. The summed E-state index contributed by atoms with van der Waals surface area (Å²) in [5, 5.41) is 5.63. The van der Waals surface area contributed by atoms with Crippen LogP contribution in [-0.4, -0.2) is 18.4 Å². The first-order chi connectivity index (χ1) is 11.0. The minimum atomic E-state index is -0.443. The number of nitrogens with one attached hydrogen (secondary N) is 2. The second kappa shape index (κ2) is 7.74. The summed E-state index contributed by atoms with van der Waals surface area (Å²) in [5.41, 5.74) is 1.74. The van der Waals surface area contributed by atoms with E-state index in [1.54, 1.807) is 30.3 Å². The molecule has 0 aliphatic heterocycles. The van der Waals surface area contributed by atoms with E-state index in [9.17, 15) is 14.0 Å². The number of anilines is 1. The number of hydrogen-bond acceptors (Lipinski definition) is 2. The van der Waals surface area contributed by atoms with Crippen LogP contribution >= 0.6 is 11.6 Å². The van der Waals surface area contributed by atoms with Crippen LogP contribution in [0.4, 0.5) is 10.1 Å². The van der Waals surface area contributed by atoms with Crippen molar-refractivity contribution in [2.45, 2.75) is 13.3 Å². The van der Waals surface area contributed by atoms with Crippen LogP contribution in [0, 0.1) is 12.7 Å². The molecule has 0 heterocycles. The lowest BCUT2D eigenvalue weighted by Crippen LogP contribution is -2.33. The molecule has 0 bridgehead atoms. The van der Waals surface area contributed by atoms with Gasteiger partial charge >= 0.3 is 0 Å². The van der Waals surface area contributed by atoms with Gasteiger partial charge in [-0.1, -0.05) is 35.9 Å². The smallest absolute Gasteiger partial charge is 0.243 e. The molecule has 0 aromatic heterocycles. The van der Waals surface area contributed by atoms with E-state index < -0.39 is 11.7 Å². The highest BCUT2D eigenvalue weighted by molar-refractivity contribution is 6.31. The van der Waals surface area contributed by atoms with Gasteiger partial charge in [0, 0.05) is 10.7 Å². The molecule has 0 spiro atoms. The fourth-order valence-corrected chi connectivity index (χ4v) is 2.11. The van der Waals surface area contributed by atoms with E-state index in [1.807, 2.05) is 6.92 Å². The Balaban J connectivity index is 1.83. The van der Waals surface area contributed by atoms with Crippen LogP contribution in [0.3, 0.4) is 0 Å². The van der Waals surface area contributed by atoms with Gasteiger partial charge in [-0.05, 0) is 36.2 Å². The Bertz CT molecular complexity index is 734. The van der Waals surface area contributed by atoms with Crippen LogP contribution in [0.2, 0.25) is 5.02 Å². The summed E-state index contributed by atoms with van der Waals surface area (Å²) in [5.74, 6) is -1.25. The summed E-state index contributed by atoms with van der Waals surface area (Å²) in [6, 6.07) is 11.2. The number of benzene rings is 2. The summed E-state index contributed by atoms with van der Waals surface area (Å²) >= 11 is 5.97. The maximum absolute atomic E-state index is 13.4. The first-order valence-electron chi connectivity index (χ1n) is 7.02. The van der Waals surface area contributed by atoms with E-state index >= 15 is 0 Å². The number of aryl methyl sites for hydroxylation is 1. The molecule has 2 aromatic rings. The van der Waals surface area contributed by atoms with Crippen LogP contribution in [-0.2, 0) is 16.0 Å². The number of rotatable bonds is 5. The first kappa shape index (κ1) is 17.0. The van der Waals surface area contributed by atoms with E-state index in [4.69, 9.17) is 11.6 Å². The molecule has 4 nitrogen and oxygen atoms in total. The highest BCUT2D eigenvalue weighted by Gasteiger charge is 2.10. The Morgan fingerprint density at radius 2 is 1.87 bits per heavy atom. The molecule has 0 radical (unpaired) electrons. The Labute approximate surface area is 138 Å². The minimum absolute atomic E-state index is 0.115. The molecule has 0 fully saturated rings. The molecule has 6 heteroatoms. The van der Waals surface area contributed by atoms with Gasteiger partial charge in [-0.15, -0.1) is 0 Å². The maximum Gasteiger partial charge on any atom is 0.243 e. The lowest BCUT2D eigenvalue weighted by molar-refractivity contribution is -0.123. The molecule has 2 N–H and O–H groups in total. The minimum Gasteiger partial charge on any atom is -0.347 e. The molecule has 2 amide bonds. The monoisotopic (exact) mass is 334 g/mol. The van der Waals surface area contributed by atoms with Crippen molar-refractivity contribution in [1.29, 1.82) is 0 Å². The topological polar surface area (TPSA) is 58.2 Å². The number of amides is 2. The maximum atomic E-state index is 13.4. The van der Waals surface area contributed by atoms with E-state index in [0.29, 0.717) is 10.7 Å². The van der Waals surface area contributed by atoms with E-state index in [1.165, 1.54) is 12.1 Å². The van der Waals surface area contributed by atoms with Crippen molar-refractivity contribution < 1.29 is 14.0 Å². The zero-order chi connectivity index (χ0) is 16.8. The lowest BCUT2D eigenvalue weighted by atomic mass is 10.1. The standard InChI is InChI=1S/C17H16ClFN2O2/c1-11-6-7-13(9-14(11)18)21-17(23)10-20-16(22)8-12-4-2-3-5-15(12)19/h2-7,9H,8,10H2,1H3,(H,20,22)(H,21,23). The van der Waals surface area contributed by atoms with E-state index in [2.05, 4.69) is 10.6 Å². The Kier molecular flexibility index (Phi) is 5.71. The van der Waals surface area contributed by atoms with Gasteiger partial charge in [0.25, 0.3) is 0 Å². The van der Waals surface area contributed by atoms with Crippen molar-refractivity contribution >= 4 is 29.1 Å². The molecular weight excluding hydrogens is 319 g/mol. The van der Waals surface area contributed by atoms with Crippen molar-refractivity contribution in [3.05, 3.63) is 64.4 Å². The molecule has 0 saturated heterocycles. The lowest BCUT2D eigenvalue weighted by Gasteiger charge is -2.08. The SMILES string of the molecule is Cc1ccc(NC(=O)CNC(=O)Cc2ccccc2F)cc1Cl. The van der Waals surface area contributed by atoms with Gasteiger partial charge in [0.15, 0.2) is 0 Å². The molecule has 0 unspecified atom stereocenters. The van der Waals surface area contributed by atoms with Crippen LogP contribution in [0.15, 0.2) is 42.5 Å². The number of carbonyl (C=O) groups excluding carboxylic acids is 2. The molecule has 2 rings (SSSR count). The van der Waals surface area contributed by atoms with Crippen LogP contribution in [0.5, 0.6) is 0 Å². The van der Waals surface area contributed by atoms with Gasteiger partial charge < -0.3 is 10.6 Å². The Morgan fingerprint density at radius 1 is 1.13 bits per heavy atom. The number of hydrogen-bond donors (Lipinski definition) is 2. The first-order valence-corrected chi connectivity index (χ1v) is 7.39. The molecule has 0 aliphatic rings. The highest BCUT2D eigenvalue weighted by Crippen LogP contribution is 2.19. The normalized spacial score (nSPS) is 10.2. The predicted molar refractivity (Wildman–Crippen MR) is 87.9 cm³/mol. The van der Waals surface area contributed by atoms with Crippen molar-refractivity contribution in [2.24, 2.45) is 0 Å². The summed E-state index contributed by atoms with van der Waals surface area (Å²) in [6.45, 7) is 1.66. The second-order valence-electron chi connectivity index (χ2n) is 5.06. The fourth-order valence-electron chi connectivity index (χ4n) is 1.93. The third kappa shape index (κ3) is 5.07. The molecular formula is C17H16ClFN2O2. The summed E-state index contributed by atoms with van der Waals surface area (Å²) in [6.07, 6.45) is -0.115. The third-order valence-electron chi connectivity index (χ3n) is 3.21. The molecule has 23 heavy (non-hydrogen) atoms. The van der Waals surface area contributed by atoms with Gasteiger partial charge in [-0.2, -0.15) is 0 Å². The average Bonchev–Trinajstić information content (AvgIpc) is 2.51.